The fourth-order valence-corrected chi connectivity index (χ4v) is 2.19. The average molecular weight is 281 g/mol. The molecule has 1 aromatic rings. The second-order valence-corrected chi connectivity index (χ2v) is 6.56. The van der Waals surface area contributed by atoms with E-state index in [0.29, 0.717) is 17.8 Å². The molecule has 0 saturated carbocycles. The van der Waals surface area contributed by atoms with Crippen molar-refractivity contribution in [1.29, 1.82) is 0 Å². The third kappa shape index (κ3) is 4.00. The molecule has 0 fully saturated rings. The first-order chi connectivity index (χ1) is 9.16. The SMILES string of the molecule is CC(C)n1cc(N)cc1C(=O)NC(CCO)C(C)(C)C. The van der Waals surface area contributed by atoms with Crippen molar-refractivity contribution in [2.45, 2.75) is 53.1 Å². The van der Waals surface area contributed by atoms with E-state index in [1.165, 1.54) is 0 Å². The number of carbonyl (C=O) groups excluding carboxylic acids is 1. The van der Waals surface area contributed by atoms with Crippen LogP contribution in [0.3, 0.4) is 0 Å². The standard InChI is InChI=1S/C15H27N3O2/c1-10(2)18-9-11(16)8-12(18)14(20)17-13(6-7-19)15(3,4)5/h8-10,13,19H,6-7,16H2,1-5H3,(H,17,20). The van der Waals surface area contributed by atoms with Crippen molar-refractivity contribution in [3.63, 3.8) is 0 Å². The van der Waals surface area contributed by atoms with Crippen LogP contribution in [-0.2, 0) is 0 Å². The molecule has 0 saturated heterocycles. The summed E-state index contributed by atoms with van der Waals surface area (Å²) >= 11 is 0. The van der Waals surface area contributed by atoms with Crippen LogP contribution in [0.5, 0.6) is 0 Å². The van der Waals surface area contributed by atoms with Crippen LogP contribution in [0.4, 0.5) is 5.69 Å². The molecule has 1 amide bonds. The van der Waals surface area contributed by atoms with Crippen molar-refractivity contribution in [3.05, 3.63) is 18.0 Å². The van der Waals surface area contributed by atoms with Crippen molar-refractivity contribution in [1.82, 2.24) is 9.88 Å². The minimum absolute atomic E-state index is 0.0511. The number of nitrogens with two attached hydrogens (primary N) is 1. The van der Waals surface area contributed by atoms with E-state index in [9.17, 15) is 4.79 Å². The van der Waals surface area contributed by atoms with Crippen molar-refractivity contribution >= 4 is 11.6 Å². The smallest absolute Gasteiger partial charge is 0.268 e. The van der Waals surface area contributed by atoms with Gasteiger partial charge in [-0.1, -0.05) is 20.8 Å². The van der Waals surface area contributed by atoms with Gasteiger partial charge in [-0.25, -0.2) is 0 Å². The van der Waals surface area contributed by atoms with E-state index in [-0.39, 0.29) is 30.0 Å². The Balaban J connectivity index is 2.95. The Morgan fingerprint density at radius 2 is 2.05 bits per heavy atom. The molecule has 5 nitrogen and oxygen atoms in total. The van der Waals surface area contributed by atoms with Crippen LogP contribution >= 0.6 is 0 Å². The molecule has 114 valence electrons. The average Bonchev–Trinajstić information content (AvgIpc) is 2.69. The number of nitrogens with one attached hydrogen (secondary N) is 1. The third-order valence-corrected chi connectivity index (χ3v) is 3.43. The highest BCUT2D eigenvalue weighted by Gasteiger charge is 2.27. The Kier molecular flexibility index (Phi) is 5.22. The Morgan fingerprint density at radius 1 is 1.45 bits per heavy atom. The molecule has 1 aromatic heterocycles. The first-order valence-corrected chi connectivity index (χ1v) is 7.06. The molecule has 0 radical (unpaired) electrons. The lowest BCUT2D eigenvalue weighted by Crippen LogP contribution is -2.44. The molecule has 20 heavy (non-hydrogen) atoms. The summed E-state index contributed by atoms with van der Waals surface area (Å²) in [6, 6.07) is 1.77. The van der Waals surface area contributed by atoms with E-state index in [1.54, 1.807) is 12.3 Å². The molecule has 5 heteroatoms. The fourth-order valence-electron chi connectivity index (χ4n) is 2.19. The van der Waals surface area contributed by atoms with E-state index < -0.39 is 0 Å². The highest BCUT2D eigenvalue weighted by atomic mass is 16.3. The molecule has 0 aromatic carbocycles. The number of hydrogen-bond donors (Lipinski definition) is 3. The minimum Gasteiger partial charge on any atom is -0.397 e. The summed E-state index contributed by atoms with van der Waals surface area (Å²) in [6.07, 6.45) is 2.31. The van der Waals surface area contributed by atoms with Crippen LogP contribution in [0.15, 0.2) is 12.3 Å². The van der Waals surface area contributed by atoms with Gasteiger partial charge in [-0.2, -0.15) is 0 Å². The zero-order valence-electron chi connectivity index (χ0n) is 13.1. The van der Waals surface area contributed by atoms with Crippen molar-refractivity contribution in [2.24, 2.45) is 5.41 Å². The summed E-state index contributed by atoms with van der Waals surface area (Å²) in [5.41, 5.74) is 6.82. The molecule has 1 unspecified atom stereocenters. The Hall–Kier alpha value is -1.49. The zero-order valence-corrected chi connectivity index (χ0v) is 13.1. The monoisotopic (exact) mass is 281 g/mol. The summed E-state index contributed by atoms with van der Waals surface area (Å²) in [5.74, 6) is -0.149. The lowest BCUT2D eigenvalue weighted by atomic mass is 9.85. The first-order valence-electron chi connectivity index (χ1n) is 7.06. The topological polar surface area (TPSA) is 80.3 Å². The van der Waals surface area contributed by atoms with E-state index in [2.05, 4.69) is 5.32 Å². The summed E-state index contributed by atoms with van der Waals surface area (Å²) in [6.45, 7) is 10.2. The number of carbonyl (C=O) groups is 1. The van der Waals surface area contributed by atoms with Gasteiger partial charge in [-0.05, 0) is 31.7 Å². The van der Waals surface area contributed by atoms with Gasteiger partial charge in [0.25, 0.3) is 5.91 Å². The molecule has 0 aliphatic carbocycles. The molecular weight excluding hydrogens is 254 g/mol. The van der Waals surface area contributed by atoms with Gasteiger partial charge >= 0.3 is 0 Å². The number of aliphatic hydroxyl groups is 1. The Morgan fingerprint density at radius 3 is 2.50 bits per heavy atom. The second kappa shape index (κ2) is 6.31. The van der Waals surface area contributed by atoms with E-state index >= 15 is 0 Å². The summed E-state index contributed by atoms with van der Waals surface area (Å²) in [7, 11) is 0. The minimum atomic E-state index is -0.149. The van der Waals surface area contributed by atoms with Crippen LogP contribution in [0.25, 0.3) is 0 Å². The van der Waals surface area contributed by atoms with E-state index in [1.807, 2.05) is 39.2 Å². The van der Waals surface area contributed by atoms with Crippen molar-refractivity contribution in [3.8, 4) is 0 Å². The number of rotatable bonds is 5. The zero-order chi connectivity index (χ0) is 15.5. The predicted octanol–water partition coefficient (Wildman–Crippen LogP) is 2.18. The summed E-state index contributed by atoms with van der Waals surface area (Å²) in [5, 5.41) is 12.2. The van der Waals surface area contributed by atoms with Crippen molar-refractivity contribution < 1.29 is 9.90 Å². The molecule has 0 spiro atoms. The number of amides is 1. The number of hydrogen-bond acceptors (Lipinski definition) is 3. The molecule has 0 bridgehead atoms. The Labute approximate surface area is 121 Å². The Bertz CT molecular complexity index is 458. The predicted molar refractivity (Wildman–Crippen MR) is 81.6 cm³/mol. The summed E-state index contributed by atoms with van der Waals surface area (Å²) in [4.78, 5) is 12.4. The number of nitrogens with zero attached hydrogens (tertiary/aromatic N) is 1. The van der Waals surface area contributed by atoms with Gasteiger partial charge in [-0.3, -0.25) is 4.79 Å². The van der Waals surface area contributed by atoms with Gasteiger partial charge in [0.1, 0.15) is 5.69 Å². The molecule has 0 aliphatic rings. The number of nitrogen functional groups attached to an aromatic ring is 1. The number of anilines is 1. The lowest BCUT2D eigenvalue weighted by Gasteiger charge is -2.31. The normalized spacial score (nSPS) is 13.6. The maximum absolute atomic E-state index is 12.4. The summed E-state index contributed by atoms with van der Waals surface area (Å²) < 4.78 is 1.86. The molecule has 0 aliphatic heterocycles. The maximum atomic E-state index is 12.4. The number of aliphatic hydroxyl groups excluding tert-OH is 1. The molecule has 4 N–H and O–H groups in total. The van der Waals surface area contributed by atoms with Crippen LogP contribution in [0, 0.1) is 5.41 Å². The third-order valence-electron chi connectivity index (χ3n) is 3.43. The van der Waals surface area contributed by atoms with Crippen LogP contribution < -0.4 is 11.1 Å². The highest BCUT2D eigenvalue weighted by Crippen LogP contribution is 2.23. The van der Waals surface area contributed by atoms with Crippen LogP contribution in [0.1, 0.15) is 57.6 Å². The quantitative estimate of drug-likeness (QED) is 0.774. The lowest BCUT2D eigenvalue weighted by molar-refractivity contribution is 0.0874. The van der Waals surface area contributed by atoms with Gasteiger partial charge < -0.3 is 20.7 Å². The largest absolute Gasteiger partial charge is 0.397 e. The highest BCUT2D eigenvalue weighted by molar-refractivity contribution is 5.94. The molecular formula is C15H27N3O2. The van der Waals surface area contributed by atoms with Gasteiger partial charge in [0, 0.05) is 24.9 Å². The fraction of sp³-hybridized carbons (Fsp3) is 0.667. The van der Waals surface area contributed by atoms with E-state index in [0.717, 1.165) is 0 Å². The van der Waals surface area contributed by atoms with Gasteiger partial charge in [0.2, 0.25) is 0 Å². The number of aromatic nitrogens is 1. The van der Waals surface area contributed by atoms with Gasteiger partial charge in [0.15, 0.2) is 0 Å². The molecule has 1 rings (SSSR count). The van der Waals surface area contributed by atoms with Crippen LogP contribution in [0.2, 0.25) is 0 Å². The molecule has 1 atom stereocenters. The van der Waals surface area contributed by atoms with Crippen molar-refractivity contribution in [2.75, 3.05) is 12.3 Å². The second-order valence-electron chi connectivity index (χ2n) is 6.56. The molecule has 1 heterocycles. The maximum Gasteiger partial charge on any atom is 0.268 e. The van der Waals surface area contributed by atoms with E-state index in [4.69, 9.17) is 10.8 Å². The van der Waals surface area contributed by atoms with Gasteiger partial charge in [0.05, 0.1) is 5.69 Å². The van der Waals surface area contributed by atoms with Crippen LogP contribution in [-0.4, -0.2) is 28.2 Å². The van der Waals surface area contributed by atoms with Gasteiger partial charge in [-0.15, -0.1) is 0 Å². The first kappa shape index (κ1) is 16.6.